The Morgan fingerprint density at radius 3 is 2.60 bits per heavy atom. The van der Waals surface area contributed by atoms with E-state index < -0.39 is 5.97 Å². The quantitative estimate of drug-likeness (QED) is 0.478. The van der Waals surface area contributed by atoms with E-state index in [0.717, 1.165) is 24.8 Å². The van der Waals surface area contributed by atoms with Crippen molar-refractivity contribution < 1.29 is 14.3 Å². The molecule has 1 aliphatic rings. The molecule has 0 amide bonds. The lowest BCUT2D eigenvalue weighted by Crippen LogP contribution is -2.12. The Balaban J connectivity index is 1.53. The van der Waals surface area contributed by atoms with Gasteiger partial charge in [-0.15, -0.1) is 0 Å². The van der Waals surface area contributed by atoms with E-state index in [9.17, 15) is 9.59 Å². The van der Waals surface area contributed by atoms with Crippen molar-refractivity contribution in [3.05, 3.63) is 76.4 Å². The summed E-state index contributed by atoms with van der Waals surface area (Å²) < 4.78 is 5.02. The summed E-state index contributed by atoms with van der Waals surface area (Å²) in [7, 11) is 0. The molecule has 2 aromatic rings. The fourth-order valence-electron chi connectivity index (χ4n) is 2.85. The molecule has 124 valence electrons. The number of hydrogen-bond donors (Lipinski definition) is 0. The van der Waals surface area contributed by atoms with Gasteiger partial charge in [0.15, 0.2) is 12.4 Å². The Morgan fingerprint density at radius 1 is 1.08 bits per heavy atom. The van der Waals surface area contributed by atoms with Crippen molar-refractivity contribution in [1.82, 2.24) is 0 Å². The minimum absolute atomic E-state index is 0.199. The molecule has 4 nitrogen and oxygen atoms in total. The molecule has 3 rings (SSSR count). The molecule has 2 aromatic carbocycles. The van der Waals surface area contributed by atoms with E-state index in [1.54, 1.807) is 36.4 Å². The van der Waals surface area contributed by atoms with Gasteiger partial charge >= 0.3 is 5.97 Å². The summed E-state index contributed by atoms with van der Waals surface area (Å²) in [5, 5.41) is 8.74. The van der Waals surface area contributed by atoms with Crippen molar-refractivity contribution in [3.8, 4) is 6.07 Å². The number of Topliss-reactive ketones (excluding diaryl/α,β-unsaturated/α-hetero) is 1. The van der Waals surface area contributed by atoms with Crippen LogP contribution in [0.2, 0.25) is 0 Å². The fraction of sp³-hybridized carbons (Fsp3) is 0.190. The first-order chi connectivity index (χ1) is 12.2. The van der Waals surface area contributed by atoms with Crippen LogP contribution in [0.25, 0.3) is 6.08 Å². The highest BCUT2D eigenvalue weighted by atomic mass is 16.5. The van der Waals surface area contributed by atoms with Crippen molar-refractivity contribution in [2.45, 2.75) is 19.3 Å². The summed E-state index contributed by atoms with van der Waals surface area (Å²) in [5.74, 6) is -0.770. The van der Waals surface area contributed by atoms with E-state index >= 15 is 0 Å². The molecule has 0 saturated heterocycles. The van der Waals surface area contributed by atoms with E-state index in [2.05, 4.69) is 0 Å². The maximum atomic E-state index is 12.2. The topological polar surface area (TPSA) is 67.2 Å². The molecule has 0 heterocycles. The van der Waals surface area contributed by atoms with Gasteiger partial charge in [-0.2, -0.15) is 5.26 Å². The Labute approximate surface area is 146 Å². The highest BCUT2D eigenvalue weighted by Crippen LogP contribution is 2.23. The second-order valence-corrected chi connectivity index (χ2v) is 5.94. The lowest BCUT2D eigenvalue weighted by molar-refractivity contribution is -0.136. The van der Waals surface area contributed by atoms with Crippen molar-refractivity contribution in [1.29, 1.82) is 5.26 Å². The van der Waals surface area contributed by atoms with Gasteiger partial charge in [-0.25, -0.2) is 4.79 Å². The average Bonchev–Trinajstić information content (AvgIpc) is 3.12. The van der Waals surface area contributed by atoms with E-state index in [1.807, 2.05) is 18.2 Å². The Morgan fingerprint density at radius 2 is 1.84 bits per heavy atom. The Hall–Kier alpha value is -3.19. The predicted octanol–water partition coefficient (Wildman–Crippen LogP) is 3.49. The smallest absolute Gasteiger partial charge is 0.331 e. The highest BCUT2D eigenvalue weighted by molar-refractivity contribution is 5.99. The van der Waals surface area contributed by atoms with Crippen LogP contribution in [0.4, 0.5) is 0 Å². The number of benzene rings is 2. The number of nitrogens with zero attached hydrogens (tertiary/aromatic N) is 1. The molecule has 1 aliphatic carbocycles. The lowest BCUT2D eigenvalue weighted by atomic mass is 10.0. The molecule has 0 fully saturated rings. The number of nitriles is 1. The summed E-state index contributed by atoms with van der Waals surface area (Å²) in [6.07, 6.45) is 6.06. The van der Waals surface area contributed by atoms with Crippen LogP contribution in [0.5, 0.6) is 0 Å². The first-order valence-corrected chi connectivity index (χ1v) is 8.16. The van der Waals surface area contributed by atoms with Crippen LogP contribution in [-0.2, 0) is 22.4 Å². The normalized spacial score (nSPS) is 12.6. The molecular weight excluding hydrogens is 314 g/mol. The van der Waals surface area contributed by atoms with Crippen molar-refractivity contribution >= 4 is 17.8 Å². The second-order valence-electron chi connectivity index (χ2n) is 5.94. The number of carbonyl (C=O) groups excluding carboxylic acids is 2. The van der Waals surface area contributed by atoms with E-state index in [4.69, 9.17) is 10.00 Å². The molecule has 0 atom stereocenters. The summed E-state index contributed by atoms with van der Waals surface area (Å²) in [5.41, 5.74) is 4.45. The molecule has 0 aromatic heterocycles. The van der Waals surface area contributed by atoms with Gasteiger partial charge in [0.05, 0.1) is 11.6 Å². The van der Waals surface area contributed by atoms with Crippen LogP contribution in [0, 0.1) is 11.3 Å². The molecule has 0 unspecified atom stereocenters. The SMILES string of the molecule is N#Cc1ccc(/C=C/C(=O)OCC(=O)c2ccc3c(c2)CCC3)cc1. The standard InChI is InChI=1S/C21H17NO3/c22-13-16-6-4-15(5-7-16)8-11-21(24)25-14-20(23)19-10-9-17-2-1-3-18(17)12-19/h4-12H,1-3,14H2/b11-8+. The number of hydrogen-bond acceptors (Lipinski definition) is 4. The molecule has 0 bridgehead atoms. The van der Waals surface area contributed by atoms with Crippen LogP contribution in [0.15, 0.2) is 48.5 Å². The zero-order valence-corrected chi connectivity index (χ0v) is 13.7. The van der Waals surface area contributed by atoms with Crippen molar-refractivity contribution in [2.24, 2.45) is 0 Å². The van der Waals surface area contributed by atoms with Crippen LogP contribution < -0.4 is 0 Å². The predicted molar refractivity (Wildman–Crippen MR) is 93.9 cm³/mol. The van der Waals surface area contributed by atoms with Gasteiger partial charge in [-0.1, -0.05) is 24.3 Å². The fourth-order valence-corrected chi connectivity index (χ4v) is 2.85. The lowest BCUT2D eigenvalue weighted by Gasteiger charge is -2.05. The van der Waals surface area contributed by atoms with Gasteiger partial charge in [0, 0.05) is 11.6 Å². The van der Waals surface area contributed by atoms with Crippen LogP contribution >= 0.6 is 0 Å². The van der Waals surface area contributed by atoms with Gasteiger partial charge in [-0.05, 0) is 60.2 Å². The first-order valence-electron chi connectivity index (χ1n) is 8.16. The largest absolute Gasteiger partial charge is 0.454 e. The monoisotopic (exact) mass is 331 g/mol. The maximum Gasteiger partial charge on any atom is 0.331 e. The minimum atomic E-state index is -0.570. The third-order valence-corrected chi connectivity index (χ3v) is 4.22. The third-order valence-electron chi connectivity index (χ3n) is 4.22. The van der Waals surface area contributed by atoms with Crippen LogP contribution in [0.1, 0.15) is 39.0 Å². The zero-order chi connectivity index (χ0) is 17.6. The molecule has 0 spiro atoms. The second kappa shape index (κ2) is 7.59. The highest BCUT2D eigenvalue weighted by Gasteiger charge is 2.14. The molecule has 0 radical (unpaired) electrons. The molecule has 0 N–H and O–H groups in total. The Kier molecular flexibility index (Phi) is 5.06. The van der Waals surface area contributed by atoms with E-state index in [-0.39, 0.29) is 12.4 Å². The number of ether oxygens (including phenoxy) is 1. The number of fused-ring (bicyclic) bond motifs is 1. The number of esters is 1. The molecular formula is C21H17NO3. The molecule has 25 heavy (non-hydrogen) atoms. The number of aryl methyl sites for hydroxylation is 2. The average molecular weight is 331 g/mol. The summed E-state index contributed by atoms with van der Waals surface area (Å²) in [6.45, 7) is -0.269. The summed E-state index contributed by atoms with van der Waals surface area (Å²) in [4.78, 5) is 23.9. The summed E-state index contributed by atoms with van der Waals surface area (Å²) in [6, 6.07) is 14.5. The van der Waals surface area contributed by atoms with E-state index in [1.165, 1.54) is 17.2 Å². The van der Waals surface area contributed by atoms with Crippen LogP contribution in [0.3, 0.4) is 0 Å². The van der Waals surface area contributed by atoms with Gasteiger partial charge < -0.3 is 4.74 Å². The molecule has 4 heteroatoms. The van der Waals surface area contributed by atoms with E-state index in [0.29, 0.717) is 11.1 Å². The van der Waals surface area contributed by atoms with Gasteiger partial charge in [0.2, 0.25) is 0 Å². The molecule has 0 aliphatic heterocycles. The zero-order valence-electron chi connectivity index (χ0n) is 13.7. The number of carbonyl (C=O) groups is 2. The van der Waals surface area contributed by atoms with Crippen LogP contribution in [-0.4, -0.2) is 18.4 Å². The number of rotatable bonds is 5. The van der Waals surface area contributed by atoms with Crippen molar-refractivity contribution in [3.63, 3.8) is 0 Å². The minimum Gasteiger partial charge on any atom is -0.454 e. The number of ketones is 1. The summed E-state index contributed by atoms with van der Waals surface area (Å²) >= 11 is 0. The van der Waals surface area contributed by atoms with Gasteiger partial charge in [0.25, 0.3) is 0 Å². The van der Waals surface area contributed by atoms with Gasteiger partial charge in [-0.3, -0.25) is 4.79 Å². The third kappa shape index (κ3) is 4.21. The van der Waals surface area contributed by atoms with Crippen molar-refractivity contribution in [2.75, 3.05) is 6.61 Å². The Bertz CT molecular complexity index is 873. The first kappa shape index (κ1) is 16.7. The maximum absolute atomic E-state index is 12.2. The molecule has 0 saturated carbocycles. The van der Waals surface area contributed by atoms with Gasteiger partial charge in [0.1, 0.15) is 0 Å².